The minimum Gasteiger partial charge on any atom is -0.315 e. The first-order chi connectivity index (χ1) is 7.57. The van der Waals surface area contributed by atoms with E-state index in [4.69, 9.17) is 0 Å². The molecule has 0 radical (unpaired) electrons. The zero-order chi connectivity index (χ0) is 12.1. The van der Waals surface area contributed by atoms with Crippen molar-refractivity contribution in [2.24, 2.45) is 5.92 Å². The Bertz CT molecular complexity index is 350. The minimum absolute atomic E-state index is 0.0888. The summed E-state index contributed by atoms with van der Waals surface area (Å²) in [5, 5.41) is 0. The molecular weight excluding hydrogens is 198 g/mol. The Balaban J connectivity index is 2.88. The predicted molar refractivity (Wildman–Crippen MR) is 67.8 cm³/mol. The standard InChI is InChI=1S/C14H21NO/c1-5-11(2)14(16)15(4)13-10-8-6-7-9-12(13)3/h6,8-11H,5,7H2,1-4H3. The highest BCUT2D eigenvalue weighted by Crippen LogP contribution is 2.19. The molecule has 0 aliphatic heterocycles. The molecule has 0 saturated heterocycles. The first kappa shape index (κ1) is 12.8. The molecule has 0 spiro atoms. The monoisotopic (exact) mass is 219 g/mol. The molecule has 0 fully saturated rings. The maximum atomic E-state index is 12.1. The quantitative estimate of drug-likeness (QED) is 0.713. The van der Waals surface area contributed by atoms with Gasteiger partial charge >= 0.3 is 0 Å². The van der Waals surface area contributed by atoms with Crippen molar-refractivity contribution in [3.8, 4) is 0 Å². The van der Waals surface area contributed by atoms with Crippen molar-refractivity contribution in [2.45, 2.75) is 33.6 Å². The number of amides is 1. The SMILES string of the molecule is CCC(C)C(=O)N(C)C1=CC=CCC=C1C. The number of carbonyl (C=O) groups is 1. The molecule has 2 heteroatoms. The first-order valence-electron chi connectivity index (χ1n) is 5.89. The maximum Gasteiger partial charge on any atom is 0.229 e. The van der Waals surface area contributed by atoms with E-state index < -0.39 is 0 Å². The highest BCUT2D eigenvalue weighted by molar-refractivity contribution is 5.80. The third-order valence-electron chi connectivity index (χ3n) is 3.08. The molecule has 0 heterocycles. The number of likely N-dealkylation sites (N-methyl/N-ethyl adjacent to an activating group) is 1. The van der Waals surface area contributed by atoms with Crippen molar-refractivity contribution in [1.29, 1.82) is 0 Å². The van der Waals surface area contributed by atoms with E-state index in [1.807, 2.05) is 33.0 Å². The zero-order valence-corrected chi connectivity index (χ0v) is 10.7. The number of carbonyl (C=O) groups excluding carboxylic acids is 1. The summed E-state index contributed by atoms with van der Waals surface area (Å²) >= 11 is 0. The van der Waals surface area contributed by atoms with Crippen molar-refractivity contribution in [1.82, 2.24) is 4.90 Å². The fourth-order valence-corrected chi connectivity index (χ4v) is 1.72. The third kappa shape index (κ3) is 2.84. The van der Waals surface area contributed by atoms with Gasteiger partial charge in [0.1, 0.15) is 0 Å². The van der Waals surface area contributed by atoms with Crippen LogP contribution in [0.2, 0.25) is 0 Å². The van der Waals surface area contributed by atoms with Crippen molar-refractivity contribution in [2.75, 3.05) is 7.05 Å². The third-order valence-corrected chi connectivity index (χ3v) is 3.08. The predicted octanol–water partition coefficient (Wildman–Crippen LogP) is 3.28. The lowest BCUT2D eigenvalue weighted by molar-refractivity contribution is -0.131. The van der Waals surface area contributed by atoms with Crippen LogP contribution >= 0.6 is 0 Å². The molecule has 1 amide bonds. The molecule has 1 rings (SSSR count). The van der Waals surface area contributed by atoms with Gasteiger partial charge in [0.15, 0.2) is 0 Å². The van der Waals surface area contributed by atoms with E-state index in [0.29, 0.717) is 0 Å². The zero-order valence-electron chi connectivity index (χ0n) is 10.7. The van der Waals surface area contributed by atoms with Crippen molar-refractivity contribution >= 4 is 5.91 Å². The van der Waals surface area contributed by atoms with E-state index in [0.717, 1.165) is 18.5 Å². The first-order valence-corrected chi connectivity index (χ1v) is 5.89. The minimum atomic E-state index is 0.0888. The topological polar surface area (TPSA) is 20.3 Å². The average Bonchev–Trinajstić information content (AvgIpc) is 2.51. The van der Waals surface area contributed by atoms with Gasteiger partial charge < -0.3 is 4.90 Å². The summed E-state index contributed by atoms with van der Waals surface area (Å²) in [4.78, 5) is 13.8. The number of hydrogen-bond donors (Lipinski definition) is 0. The van der Waals surface area contributed by atoms with Crippen LogP contribution in [-0.4, -0.2) is 17.9 Å². The Kier molecular flexibility index (Phi) is 4.53. The van der Waals surface area contributed by atoms with Crippen LogP contribution in [0, 0.1) is 5.92 Å². The van der Waals surface area contributed by atoms with Crippen molar-refractivity contribution in [3.05, 3.63) is 35.6 Å². The summed E-state index contributed by atoms with van der Waals surface area (Å²) in [6, 6.07) is 0. The number of hydrogen-bond acceptors (Lipinski definition) is 1. The van der Waals surface area contributed by atoms with Crippen molar-refractivity contribution in [3.63, 3.8) is 0 Å². The van der Waals surface area contributed by atoms with Crippen LogP contribution in [0.25, 0.3) is 0 Å². The van der Waals surface area contributed by atoms with E-state index in [1.165, 1.54) is 5.57 Å². The molecule has 0 saturated carbocycles. The normalized spacial score (nSPS) is 17.2. The van der Waals surface area contributed by atoms with Crippen molar-refractivity contribution < 1.29 is 4.79 Å². The van der Waals surface area contributed by atoms with Crippen LogP contribution in [0.4, 0.5) is 0 Å². The summed E-state index contributed by atoms with van der Waals surface area (Å²) in [7, 11) is 1.86. The molecule has 1 unspecified atom stereocenters. The summed E-state index contributed by atoms with van der Waals surface area (Å²) < 4.78 is 0. The Morgan fingerprint density at radius 1 is 1.56 bits per heavy atom. The van der Waals surface area contributed by atoms with Gasteiger partial charge in [0, 0.05) is 18.7 Å². The molecule has 0 aromatic rings. The van der Waals surface area contributed by atoms with Gasteiger partial charge in [-0.25, -0.2) is 0 Å². The van der Waals surface area contributed by atoms with Gasteiger partial charge in [-0.1, -0.05) is 32.1 Å². The smallest absolute Gasteiger partial charge is 0.229 e. The summed E-state index contributed by atoms with van der Waals surface area (Å²) in [6.07, 6.45) is 10.1. The molecule has 0 aromatic heterocycles. The average molecular weight is 219 g/mol. The molecule has 16 heavy (non-hydrogen) atoms. The highest BCUT2D eigenvalue weighted by Gasteiger charge is 2.19. The molecule has 1 aliphatic carbocycles. The lowest BCUT2D eigenvalue weighted by Gasteiger charge is -2.24. The summed E-state index contributed by atoms with van der Waals surface area (Å²) in [5.74, 6) is 0.280. The second-order valence-electron chi connectivity index (χ2n) is 4.31. The second kappa shape index (κ2) is 5.69. The highest BCUT2D eigenvalue weighted by atomic mass is 16.2. The van der Waals surface area contributed by atoms with E-state index >= 15 is 0 Å². The lowest BCUT2D eigenvalue weighted by Crippen LogP contribution is -2.31. The Morgan fingerprint density at radius 3 is 2.88 bits per heavy atom. The van der Waals surface area contributed by atoms with E-state index in [1.54, 1.807) is 4.90 Å². The van der Waals surface area contributed by atoms with Gasteiger partial charge in [-0.2, -0.15) is 0 Å². The second-order valence-corrected chi connectivity index (χ2v) is 4.31. The van der Waals surface area contributed by atoms with Crippen LogP contribution in [0.1, 0.15) is 33.6 Å². The molecular formula is C14H21NO. The van der Waals surface area contributed by atoms with E-state index in [2.05, 4.69) is 19.1 Å². The summed E-state index contributed by atoms with van der Waals surface area (Å²) in [6.45, 7) is 6.07. The molecule has 0 aromatic carbocycles. The number of nitrogens with zero attached hydrogens (tertiary/aromatic N) is 1. The molecule has 1 atom stereocenters. The fraction of sp³-hybridized carbons (Fsp3) is 0.500. The fourth-order valence-electron chi connectivity index (χ4n) is 1.72. The molecule has 2 nitrogen and oxygen atoms in total. The maximum absolute atomic E-state index is 12.1. The molecule has 1 aliphatic rings. The number of rotatable bonds is 3. The van der Waals surface area contributed by atoms with Crippen LogP contribution in [0.3, 0.4) is 0 Å². The van der Waals surface area contributed by atoms with Gasteiger partial charge in [0.25, 0.3) is 0 Å². The van der Waals surface area contributed by atoms with Crippen LogP contribution in [-0.2, 0) is 4.79 Å². The van der Waals surface area contributed by atoms with Gasteiger partial charge in [-0.15, -0.1) is 0 Å². The van der Waals surface area contributed by atoms with Crippen LogP contribution in [0.15, 0.2) is 35.6 Å². The summed E-state index contributed by atoms with van der Waals surface area (Å²) in [5.41, 5.74) is 2.18. The lowest BCUT2D eigenvalue weighted by atomic mass is 10.1. The Morgan fingerprint density at radius 2 is 2.25 bits per heavy atom. The van der Waals surface area contributed by atoms with Crippen LogP contribution in [0.5, 0.6) is 0 Å². The van der Waals surface area contributed by atoms with Gasteiger partial charge in [0.05, 0.1) is 0 Å². The number of allylic oxidation sites excluding steroid dienone is 5. The van der Waals surface area contributed by atoms with Gasteiger partial charge in [-0.05, 0) is 31.4 Å². The van der Waals surface area contributed by atoms with Crippen LogP contribution < -0.4 is 0 Å². The Hall–Kier alpha value is -1.31. The van der Waals surface area contributed by atoms with Gasteiger partial charge in [0.2, 0.25) is 5.91 Å². The molecule has 88 valence electrons. The molecule has 0 N–H and O–H groups in total. The largest absolute Gasteiger partial charge is 0.315 e. The van der Waals surface area contributed by atoms with Gasteiger partial charge in [-0.3, -0.25) is 4.79 Å². The Labute approximate surface area is 98.3 Å². The molecule has 0 bridgehead atoms. The van der Waals surface area contributed by atoms with E-state index in [-0.39, 0.29) is 11.8 Å². The van der Waals surface area contributed by atoms with E-state index in [9.17, 15) is 4.79 Å².